The van der Waals surface area contributed by atoms with Gasteiger partial charge in [-0.15, -0.1) is 0 Å². The van der Waals surface area contributed by atoms with E-state index in [4.69, 9.17) is 0 Å². The van der Waals surface area contributed by atoms with Gasteiger partial charge in [0.25, 0.3) is 0 Å². The number of rotatable bonds is 4. The van der Waals surface area contributed by atoms with Gasteiger partial charge in [-0.05, 0) is 37.1 Å². The van der Waals surface area contributed by atoms with Crippen molar-refractivity contribution in [1.82, 2.24) is 9.97 Å². The maximum atomic E-state index is 13.7. The van der Waals surface area contributed by atoms with E-state index in [2.05, 4.69) is 20.6 Å². The number of amides is 2. The molecule has 1 atom stereocenters. The highest BCUT2D eigenvalue weighted by atomic mass is 19.1. The second kappa shape index (κ2) is 7.90. The van der Waals surface area contributed by atoms with Crippen molar-refractivity contribution in [1.29, 1.82) is 0 Å². The molecule has 1 aliphatic rings. The zero-order valence-corrected chi connectivity index (χ0v) is 14.4. The van der Waals surface area contributed by atoms with Gasteiger partial charge in [0.2, 0.25) is 17.8 Å². The molecule has 0 saturated carbocycles. The molecule has 2 aromatic rings. The first kappa shape index (κ1) is 17.8. The lowest BCUT2D eigenvalue weighted by molar-refractivity contribution is -0.120. The zero-order valence-electron chi connectivity index (χ0n) is 14.4. The number of aromatic nitrogens is 2. The summed E-state index contributed by atoms with van der Waals surface area (Å²) in [5.41, 5.74) is 0.478. The molecule has 1 fully saturated rings. The Kier molecular flexibility index (Phi) is 5.40. The fourth-order valence-corrected chi connectivity index (χ4v) is 2.96. The molecule has 0 spiro atoms. The molecule has 136 valence electrons. The van der Waals surface area contributed by atoms with Crippen LogP contribution in [0.25, 0.3) is 0 Å². The average Bonchev–Trinajstić information content (AvgIpc) is 2.65. The monoisotopic (exact) mass is 357 g/mol. The van der Waals surface area contributed by atoms with Crippen LogP contribution in [0.5, 0.6) is 0 Å². The molecular weight excluding hydrogens is 337 g/mol. The predicted molar refractivity (Wildman–Crippen MR) is 96.3 cm³/mol. The molecule has 1 aromatic carbocycles. The van der Waals surface area contributed by atoms with Crippen LogP contribution in [0.2, 0.25) is 0 Å². The van der Waals surface area contributed by atoms with Crippen LogP contribution in [0.1, 0.15) is 19.8 Å². The molecule has 1 aromatic heterocycles. The normalized spacial score (nSPS) is 16.8. The van der Waals surface area contributed by atoms with Crippen molar-refractivity contribution in [3.8, 4) is 0 Å². The molecule has 1 aliphatic heterocycles. The van der Waals surface area contributed by atoms with Gasteiger partial charge >= 0.3 is 0 Å². The lowest BCUT2D eigenvalue weighted by Gasteiger charge is -2.31. The Morgan fingerprint density at radius 3 is 2.73 bits per heavy atom. The lowest BCUT2D eigenvalue weighted by Crippen LogP contribution is -2.41. The third-order valence-corrected chi connectivity index (χ3v) is 4.17. The molecule has 0 bridgehead atoms. The smallest absolute Gasteiger partial charge is 0.229 e. The molecule has 26 heavy (non-hydrogen) atoms. The van der Waals surface area contributed by atoms with Crippen molar-refractivity contribution in [2.75, 3.05) is 28.6 Å². The highest BCUT2D eigenvalue weighted by molar-refractivity contribution is 5.95. The van der Waals surface area contributed by atoms with Crippen LogP contribution in [0.4, 0.5) is 21.7 Å². The van der Waals surface area contributed by atoms with Crippen molar-refractivity contribution in [3.05, 3.63) is 42.5 Å². The third kappa shape index (κ3) is 4.33. The van der Waals surface area contributed by atoms with E-state index in [1.54, 1.807) is 18.5 Å². The number of carbonyl (C=O) groups is 2. The Morgan fingerprint density at radius 2 is 2.00 bits per heavy atom. The Balaban J connectivity index is 1.67. The minimum absolute atomic E-state index is 0.0401. The van der Waals surface area contributed by atoms with E-state index in [1.165, 1.54) is 25.1 Å². The molecule has 2 amide bonds. The molecule has 0 radical (unpaired) electrons. The van der Waals surface area contributed by atoms with Crippen molar-refractivity contribution >= 4 is 29.1 Å². The van der Waals surface area contributed by atoms with Crippen LogP contribution in [0.3, 0.4) is 0 Å². The first-order chi connectivity index (χ1) is 12.5. The first-order valence-corrected chi connectivity index (χ1v) is 8.43. The Hall–Kier alpha value is -3.03. The second-order valence-electron chi connectivity index (χ2n) is 6.20. The molecule has 3 rings (SSSR count). The Labute approximate surface area is 150 Å². The van der Waals surface area contributed by atoms with Gasteiger partial charge in [0.1, 0.15) is 5.82 Å². The molecule has 0 aliphatic carbocycles. The van der Waals surface area contributed by atoms with Gasteiger partial charge in [0, 0.05) is 38.1 Å². The quantitative estimate of drug-likeness (QED) is 0.878. The summed E-state index contributed by atoms with van der Waals surface area (Å²) in [6, 6.07) is 5.85. The lowest BCUT2D eigenvalue weighted by atomic mass is 9.97. The van der Waals surface area contributed by atoms with Crippen molar-refractivity contribution in [2.45, 2.75) is 19.8 Å². The van der Waals surface area contributed by atoms with Gasteiger partial charge < -0.3 is 15.5 Å². The molecule has 1 unspecified atom stereocenters. The molecule has 1 saturated heterocycles. The fourth-order valence-electron chi connectivity index (χ4n) is 2.96. The molecule has 7 nitrogen and oxygen atoms in total. The highest BCUT2D eigenvalue weighted by Gasteiger charge is 2.27. The van der Waals surface area contributed by atoms with Gasteiger partial charge in [0.15, 0.2) is 0 Å². The van der Waals surface area contributed by atoms with Crippen LogP contribution in [-0.2, 0) is 9.59 Å². The van der Waals surface area contributed by atoms with E-state index in [0.717, 1.165) is 19.4 Å². The summed E-state index contributed by atoms with van der Waals surface area (Å²) in [4.78, 5) is 34.2. The van der Waals surface area contributed by atoms with Gasteiger partial charge in [0.05, 0.1) is 11.6 Å². The van der Waals surface area contributed by atoms with E-state index < -0.39 is 5.82 Å². The molecule has 2 N–H and O–H groups in total. The molecular formula is C18H20FN5O2. The number of hydrogen-bond donors (Lipinski definition) is 2. The Morgan fingerprint density at radius 1 is 1.23 bits per heavy atom. The topological polar surface area (TPSA) is 87.2 Å². The van der Waals surface area contributed by atoms with Crippen molar-refractivity contribution < 1.29 is 14.0 Å². The van der Waals surface area contributed by atoms with E-state index in [-0.39, 0.29) is 23.4 Å². The van der Waals surface area contributed by atoms with Crippen molar-refractivity contribution in [2.24, 2.45) is 5.92 Å². The van der Waals surface area contributed by atoms with Gasteiger partial charge in [-0.3, -0.25) is 9.59 Å². The van der Waals surface area contributed by atoms with E-state index in [0.29, 0.717) is 18.2 Å². The minimum atomic E-state index is -0.553. The van der Waals surface area contributed by atoms with Crippen LogP contribution in [0.15, 0.2) is 36.7 Å². The number of halogens is 1. The average molecular weight is 357 g/mol. The third-order valence-electron chi connectivity index (χ3n) is 4.17. The number of hydrogen-bond acceptors (Lipinski definition) is 5. The van der Waals surface area contributed by atoms with Crippen LogP contribution in [-0.4, -0.2) is 34.9 Å². The summed E-state index contributed by atoms with van der Waals surface area (Å²) in [5.74, 6) is -0.686. The summed E-state index contributed by atoms with van der Waals surface area (Å²) in [6.07, 6.45) is 4.97. The summed E-state index contributed by atoms with van der Waals surface area (Å²) in [5, 5.41) is 5.20. The van der Waals surface area contributed by atoms with Crippen LogP contribution >= 0.6 is 0 Å². The van der Waals surface area contributed by atoms with Crippen LogP contribution in [0, 0.1) is 11.7 Å². The number of piperidine rings is 1. The fraction of sp³-hybridized carbons (Fsp3) is 0.333. The molecule has 8 heteroatoms. The van der Waals surface area contributed by atoms with Gasteiger partial charge in [-0.1, -0.05) is 0 Å². The summed E-state index contributed by atoms with van der Waals surface area (Å²) in [6.45, 7) is 2.62. The highest BCUT2D eigenvalue weighted by Crippen LogP contribution is 2.23. The number of benzene rings is 1. The Bertz CT molecular complexity index is 799. The van der Waals surface area contributed by atoms with E-state index in [9.17, 15) is 14.0 Å². The summed E-state index contributed by atoms with van der Waals surface area (Å²) in [7, 11) is 0. The SMILES string of the molecule is CC(=O)Nc1cc(NC(=O)C2CCCN(c3ncccn3)C2)ccc1F. The maximum Gasteiger partial charge on any atom is 0.229 e. The molecule has 2 heterocycles. The minimum Gasteiger partial charge on any atom is -0.340 e. The predicted octanol–water partition coefficient (Wildman–Crippen LogP) is 2.43. The summed E-state index contributed by atoms with van der Waals surface area (Å²) < 4.78 is 13.7. The van der Waals surface area contributed by atoms with Gasteiger partial charge in [-0.25, -0.2) is 14.4 Å². The number of anilines is 3. The van der Waals surface area contributed by atoms with E-state index >= 15 is 0 Å². The van der Waals surface area contributed by atoms with Crippen LogP contribution < -0.4 is 15.5 Å². The first-order valence-electron chi connectivity index (χ1n) is 8.43. The standard InChI is InChI=1S/C18H20FN5O2/c1-12(25)22-16-10-14(5-6-15(16)19)23-17(26)13-4-2-9-24(11-13)18-20-7-3-8-21-18/h3,5-8,10,13H,2,4,9,11H2,1H3,(H,22,25)(H,23,26). The zero-order chi connectivity index (χ0) is 18.5. The number of nitrogens with one attached hydrogen (secondary N) is 2. The van der Waals surface area contributed by atoms with Crippen molar-refractivity contribution in [3.63, 3.8) is 0 Å². The maximum absolute atomic E-state index is 13.7. The second-order valence-corrected chi connectivity index (χ2v) is 6.20. The largest absolute Gasteiger partial charge is 0.340 e. The van der Waals surface area contributed by atoms with Gasteiger partial charge in [-0.2, -0.15) is 0 Å². The summed E-state index contributed by atoms with van der Waals surface area (Å²) >= 11 is 0. The van der Waals surface area contributed by atoms with E-state index in [1.807, 2.05) is 4.90 Å². The number of carbonyl (C=O) groups excluding carboxylic acids is 2. The number of nitrogens with zero attached hydrogens (tertiary/aromatic N) is 3.